The Morgan fingerprint density at radius 3 is 2.81 bits per heavy atom. The van der Waals surface area contributed by atoms with Crippen molar-refractivity contribution >= 4 is 0 Å². The fourth-order valence-corrected chi connectivity index (χ4v) is 2.96. The summed E-state index contributed by atoms with van der Waals surface area (Å²) in [6, 6.07) is 13.9. The highest BCUT2D eigenvalue weighted by molar-refractivity contribution is 5.39. The van der Waals surface area contributed by atoms with Crippen molar-refractivity contribution < 1.29 is 14.6 Å². The molecule has 2 aromatic carbocycles. The van der Waals surface area contributed by atoms with E-state index >= 15 is 0 Å². The van der Waals surface area contributed by atoms with E-state index in [1.54, 1.807) is 7.11 Å². The summed E-state index contributed by atoms with van der Waals surface area (Å²) in [4.78, 5) is 0. The molecule has 0 spiro atoms. The van der Waals surface area contributed by atoms with Crippen molar-refractivity contribution in [1.82, 2.24) is 0 Å². The molecule has 0 fully saturated rings. The molecule has 1 aliphatic heterocycles. The Balaban J connectivity index is 1.94. The number of aliphatic hydroxyl groups is 1. The van der Waals surface area contributed by atoms with Gasteiger partial charge in [-0.25, -0.2) is 0 Å². The molecule has 0 saturated carbocycles. The molecule has 3 nitrogen and oxygen atoms in total. The van der Waals surface area contributed by atoms with E-state index in [4.69, 9.17) is 9.47 Å². The van der Waals surface area contributed by atoms with Crippen LogP contribution >= 0.6 is 0 Å². The van der Waals surface area contributed by atoms with E-state index in [1.165, 1.54) is 5.56 Å². The second-order valence-electron chi connectivity index (χ2n) is 5.41. The number of fused-ring (bicyclic) bond motifs is 1. The van der Waals surface area contributed by atoms with E-state index in [9.17, 15) is 5.11 Å². The molecule has 110 valence electrons. The molecule has 3 heteroatoms. The lowest BCUT2D eigenvalue weighted by Crippen LogP contribution is -2.22. The molecule has 1 N–H and O–H groups in total. The molecule has 1 aliphatic rings. The number of hydrogen-bond acceptors (Lipinski definition) is 3. The monoisotopic (exact) mass is 284 g/mol. The molecule has 2 unspecified atom stereocenters. The lowest BCUT2D eigenvalue weighted by Gasteiger charge is -2.30. The first kappa shape index (κ1) is 14.1. The number of methoxy groups -OCH3 is 1. The minimum Gasteiger partial charge on any atom is -0.497 e. The molecule has 0 amide bonds. The van der Waals surface area contributed by atoms with Crippen LogP contribution in [-0.2, 0) is 11.2 Å². The highest BCUT2D eigenvalue weighted by Crippen LogP contribution is 2.38. The third-order valence-electron chi connectivity index (χ3n) is 4.11. The summed E-state index contributed by atoms with van der Waals surface area (Å²) in [6.07, 6.45) is -0.0690. The Hall–Kier alpha value is -1.84. The van der Waals surface area contributed by atoms with E-state index in [2.05, 4.69) is 6.07 Å². The van der Waals surface area contributed by atoms with Crippen LogP contribution in [0.4, 0.5) is 0 Å². The maximum atomic E-state index is 10.8. The quantitative estimate of drug-likeness (QED) is 0.939. The van der Waals surface area contributed by atoms with Crippen LogP contribution in [0.1, 0.15) is 34.5 Å². The van der Waals surface area contributed by atoms with Crippen molar-refractivity contribution in [2.45, 2.75) is 25.6 Å². The lowest BCUT2D eigenvalue weighted by atomic mass is 9.90. The first-order valence-corrected chi connectivity index (χ1v) is 7.22. The van der Waals surface area contributed by atoms with Gasteiger partial charge in [-0.2, -0.15) is 0 Å². The van der Waals surface area contributed by atoms with Crippen LogP contribution in [0.3, 0.4) is 0 Å². The molecule has 2 atom stereocenters. The zero-order valence-corrected chi connectivity index (χ0v) is 12.4. The first-order valence-electron chi connectivity index (χ1n) is 7.22. The topological polar surface area (TPSA) is 38.7 Å². The maximum Gasteiger partial charge on any atom is 0.119 e. The summed E-state index contributed by atoms with van der Waals surface area (Å²) in [7, 11) is 1.64. The van der Waals surface area contributed by atoms with Crippen molar-refractivity contribution in [3.8, 4) is 5.75 Å². The van der Waals surface area contributed by atoms with E-state index in [0.717, 1.165) is 28.9 Å². The molecule has 0 aliphatic carbocycles. The zero-order valence-electron chi connectivity index (χ0n) is 12.4. The first-order chi connectivity index (χ1) is 10.2. The van der Waals surface area contributed by atoms with Crippen molar-refractivity contribution in [2.24, 2.45) is 0 Å². The van der Waals surface area contributed by atoms with Crippen molar-refractivity contribution in [3.63, 3.8) is 0 Å². The largest absolute Gasteiger partial charge is 0.497 e. The number of aryl methyl sites for hydroxylation is 1. The molecule has 1 heterocycles. The van der Waals surface area contributed by atoms with Gasteiger partial charge in [0.1, 0.15) is 18.0 Å². The number of benzene rings is 2. The maximum absolute atomic E-state index is 10.8. The molecule has 0 aromatic heterocycles. The summed E-state index contributed by atoms with van der Waals surface area (Å²) < 4.78 is 11.1. The van der Waals surface area contributed by atoms with Gasteiger partial charge in [-0.3, -0.25) is 0 Å². The van der Waals surface area contributed by atoms with Crippen LogP contribution in [0.25, 0.3) is 0 Å². The average molecular weight is 284 g/mol. The summed E-state index contributed by atoms with van der Waals surface area (Å²) >= 11 is 0. The second-order valence-corrected chi connectivity index (χ2v) is 5.41. The zero-order chi connectivity index (χ0) is 14.8. The molecule has 0 radical (unpaired) electrons. The second kappa shape index (κ2) is 5.88. The van der Waals surface area contributed by atoms with Crippen molar-refractivity contribution in [3.05, 3.63) is 64.7 Å². The third kappa shape index (κ3) is 2.67. The van der Waals surface area contributed by atoms with E-state index < -0.39 is 6.10 Å². The van der Waals surface area contributed by atoms with Gasteiger partial charge in [0.15, 0.2) is 0 Å². The summed E-state index contributed by atoms with van der Waals surface area (Å²) in [6.45, 7) is 2.63. The molecular weight excluding hydrogens is 264 g/mol. The van der Waals surface area contributed by atoms with E-state index in [0.29, 0.717) is 6.61 Å². The van der Waals surface area contributed by atoms with Gasteiger partial charge in [0.05, 0.1) is 13.7 Å². The Morgan fingerprint density at radius 1 is 1.24 bits per heavy atom. The number of aliphatic hydroxyl groups excluding tert-OH is 1. The van der Waals surface area contributed by atoms with Gasteiger partial charge in [0, 0.05) is 0 Å². The van der Waals surface area contributed by atoms with Gasteiger partial charge in [0.25, 0.3) is 0 Å². The van der Waals surface area contributed by atoms with Gasteiger partial charge in [-0.1, -0.05) is 30.3 Å². The van der Waals surface area contributed by atoms with Gasteiger partial charge in [-0.15, -0.1) is 0 Å². The highest BCUT2D eigenvalue weighted by Gasteiger charge is 2.29. The Labute approximate surface area is 125 Å². The van der Waals surface area contributed by atoms with Crippen LogP contribution in [0.15, 0.2) is 42.5 Å². The standard InChI is InChI=1S/C18H20O3/c1-12-11-14(20-2)7-8-15(12)17(19)18-16-6-4-3-5-13(16)9-10-21-18/h3-8,11,17-19H,9-10H2,1-2H3. The Kier molecular flexibility index (Phi) is 3.95. The Morgan fingerprint density at radius 2 is 2.05 bits per heavy atom. The van der Waals surface area contributed by atoms with Gasteiger partial charge in [-0.05, 0) is 47.7 Å². The number of ether oxygens (including phenoxy) is 2. The van der Waals surface area contributed by atoms with Crippen LogP contribution in [0.5, 0.6) is 5.75 Å². The third-order valence-corrected chi connectivity index (χ3v) is 4.11. The van der Waals surface area contributed by atoms with Crippen LogP contribution in [-0.4, -0.2) is 18.8 Å². The van der Waals surface area contributed by atoms with Gasteiger partial charge < -0.3 is 14.6 Å². The molecular formula is C18H20O3. The predicted molar refractivity (Wildman–Crippen MR) is 81.5 cm³/mol. The van der Waals surface area contributed by atoms with Crippen LogP contribution in [0.2, 0.25) is 0 Å². The fourth-order valence-electron chi connectivity index (χ4n) is 2.96. The predicted octanol–water partition coefficient (Wildman–Crippen LogP) is 3.35. The number of rotatable bonds is 3. The SMILES string of the molecule is COc1ccc(C(O)C2OCCc3ccccc32)c(C)c1. The minimum absolute atomic E-state index is 0.304. The highest BCUT2D eigenvalue weighted by atomic mass is 16.5. The molecule has 2 aromatic rings. The van der Waals surface area contributed by atoms with E-state index in [-0.39, 0.29) is 6.10 Å². The minimum atomic E-state index is -0.669. The molecule has 0 bridgehead atoms. The summed E-state index contributed by atoms with van der Waals surface area (Å²) in [5.41, 5.74) is 4.25. The number of hydrogen-bond donors (Lipinski definition) is 1. The van der Waals surface area contributed by atoms with Crippen molar-refractivity contribution in [1.29, 1.82) is 0 Å². The fraction of sp³-hybridized carbons (Fsp3) is 0.333. The van der Waals surface area contributed by atoms with Gasteiger partial charge >= 0.3 is 0 Å². The van der Waals surface area contributed by atoms with Crippen LogP contribution < -0.4 is 4.74 Å². The molecule has 0 saturated heterocycles. The summed E-state index contributed by atoms with van der Waals surface area (Å²) in [5, 5.41) is 10.8. The lowest BCUT2D eigenvalue weighted by molar-refractivity contribution is -0.0485. The summed E-state index contributed by atoms with van der Waals surface area (Å²) in [5.74, 6) is 0.799. The van der Waals surface area contributed by atoms with Gasteiger partial charge in [0.2, 0.25) is 0 Å². The molecule has 3 rings (SSSR count). The smallest absolute Gasteiger partial charge is 0.119 e. The van der Waals surface area contributed by atoms with Crippen LogP contribution in [0, 0.1) is 6.92 Å². The normalized spacial score (nSPS) is 18.9. The van der Waals surface area contributed by atoms with Crippen molar-refractivity contribution in [2.75, 3.05) is 13.7 Å². The molecule has 21 heavy (non-hydrogen) atoms. The average Bonchev–Trinajstić information content (AvgIpc) is 2.53. The van der Waals surface area contributed by atoms with E-state index in [1.807, 2.05) is 43.3 Å². The Bertz CT molecular complexity index is 636.